The molecule has 1 heterocycles. The van der Waals surface area contributed by atoms with Gasteiger partial charge in [-0.25, -0.2) is 0 Å². The van der Waals surface area contributed by atoms with Crippen molar-refractivity contribution in [2.75, 3.05) is 26.3 Å². The Balaban J connectivity index is 1.46. The van der Waals surface area contributed by atoms with Crippen LogP contribution in [0.25, 0.3) is 0 Å². The maximum absolute atomic E-state index is 5.88. The van der Waals surface area contributed by atoms with Gasteiger partial charge in [-0.2, -0.15) is 0 Å². The molecule has 1 aliphatic heterocycles. The van der Waals surface area contributed by atoms with Crippen molar-refractivity contribution in [3.05, 3.63) is 30.3 Å². The van der Waals surface area contributed by atoms with Gasteiger partial charge in [-0.1, -0.05) is 32.0 Å². The van der Waals surface area contributed by atoms with E-state index in [2.05, 4.69) is 31.4 Å². The van der Waals surface area contributed by atoms with Gasteiger partial charge in [0.1, 0.15) is 5.75 Å². The summed E-state index contributed by atoms with van der Waals surface area (Å²) in [5.41, 5.74) is 0.160. The summed E-state index contributed by atoms with van der Waals surface area (Å²) in [5, 5.41) is 7.01. The second-order valence-electron chi connectivity index (χ2n) is 7.46. The Hall–Kier alpha value is -1.75. The summed E-state index contributed by atoms with van der Waals surface area (Å²) in [6.45, 7) is 9.86. The van der Waals surface area contributed by atoms with Gasteiger partial charge in [0.2, 0.25) is 0 Å². The second-order valence-corrected chi connectivity index (χ2v) is 7.46. The highest BCUT2D eigenvalue weighted by Crippen LogP contribution is 2.52. The number of rotatable bonds is 7. The van der Waals surface area contributed by atoms with Crippen molar-refractivity contribution in [1.29, 1.82) is 0 Å². The molecule has 0 radical (unpaired) electrons. The molecule has 2 N–H and O–H groups in total. The minimum absolute atomic E-state index is 0.160. The molecule has 1 aliphatic carbocycles. The molecule has 25 heavy (non-hydrogen) atoms. The Morgan fingerprint density at radius 1 is 1.32 bits per heavy atom. The molecule has 0 spiro atoms. The van der Waals surface area contributed by atoms with E-state index in [-0.39, 0.29) is 5.41 Å². The van der Waals surface area contributed by atoms with Gasteiger partial charge in [-0.05, 0) is 25.5 Å². The second kappa shape index (κ2) is 8.09. The van der Waals surface area contributed by atoms with Gasteiger partial charge in [0.05, 0.1) is 12.7 Å². The van der Waals surface area contributed by atoms with E-state index in [0.29, 0.717) is 24.7 Å². The first-order valence-corrected chi connectivity index (χ1v) is 9.47. The first-order chi connectivity index (χ1) is 12.1. The van der Waals surface area contributed by atoms with Crippen LogP contribution in [0.4, 0.5) is 0 Å². The topological polar surface area (TPSA) is 54.9 Å². The maximum atomic E-state index is 5.88. The Morgan fingerprint density at radius 3 is 2.88 bits per heavy atom. The summed E-state index contributed by atoms with van der Waals surface area (Å²) >= 11 is 0. The number of hydrogen-bond donors (Lipinski definition) is 2. The number of nitrogens with one attached hydrogen (secondary N) is 2. The van der Waals surface area contributed by atoms with Gasteiger partial charge in [0.25, 0.3) is 0 Å². The Morgan fingerprint density at radius 2 is 2.12 bits per heavy atom. The fourth-order valence-electron chi connectivity index (χ4n) is 4.05. The van der Waals surface area contributed by atoms with Gasteiger partial charge in [0.15, 0.2) is 5.96 Å². The predicted octanol–water partition coefficient (Wildman–Crippen LogP) is 2.82. The summed E-state index contributed by atoms with van der Waals surface area (Å²) < 4.78 is 11.6. The number of para-hydroxylation sites is 1. The number of guanidine groups is 1. The molecule has 3 unspecified atom stereocenters. The average Bonchev–Trinajstić information content (AvgIpc) is 3.07. The molecule has 3 rings (SSSR count). The quantitative estimate of drug-likeness (QED) is 0.453. The summed E-state index contributed by atoms with van der Waals surface area (Å²) in [6, 6.07) is 10.4. The predicted molar refractivity (Wildman–Crippen MR) is 101 cm³/mol. The van der Waals surface area contributed by atoms with Crippen LogP contribution in [0, 0.1) is 11.3 Å². The van der Waals surface area contributed by atoms with Gasteiger partial charge in [-0.15, -0.1) is 0 Å². The van der Waals surface area contributed by atoms with Gasteiger partial charge < -0.3 is 20.1 Å². The van der Waals surface area contributed by atoms with Crippen molar-refractivity contribution < 1.29 is 9.47 Å². The molecular formula is C20H31N3O2. The lowest BCUT2D eigenvalue weighted by Crippen LogP contribution is -2.67. The van der Waals surface area contributed by atoms with Crippen LogP contribution in [-0.2, 0) is 4.74 Å². The monoisotopic (exact) mass is 345 g/mol. The fourth-order valence-corrected chi connectivity index (χ4v) is 4.05. The molecule has 5 heteroatoms. The van der Waals surface area contributed by atoms with Crippen LogP contribution in [0.5, 0.6) is 5.75 Å². The van der Waals surface area contributed by atoms with Crippen molar-refractivity contribution in [2.45, 2.75) is 45.8 Å². The van der Waals surface area contributed by atoms with Crippen LogP contribution in [0.15, 0.2) is 35.3 Å². The average molecular weight is 345 g/mol. The lowest BCUT2D eigenvalue weighted by molar-refractivity contribution is -0.106. The zero-order valence-corrected chi connectivity index (χ0v) is 15.6. The first kappa shape index (κ1) is 18.1. The van der Waals surface area contributed by atoms with E-state index < -0.39 is 0 Å². The number of aliphatic imine (C=N–C) groups is 1. The van der Waals surface area contributed by atoms with Gasteiger partial charge >= 0.3 is 0 Å². The van der Waals surface area contributed by atoms with Crippen molar-refractivity contribution in [1.82, 2.24) is 10.6 Å². The standard InChI is InChI=1S/C20H31N3O2/c1-4-21-19(22-12-8-13-24-15-9-6-5-7-10-15)23-17-16-11-14-25-18(16)20(17,2)3/h5-7,9-10,16-18H,4,8,11-14H2,1-3H3,(H2,21,22,23). The molecule has 138 valence electrons. The molecular weight excluding hydrogens is 314 g/mol. The number of benzene rings is 1. The van der Waals surface area contributed by atoms with E-state index in [9.17, 15) is 0 Å². The largest absolute Gasteiger partial charge is 0.494 e. The molecule has 5 nitrogen and oxygen atoms in total. The van der Waals surface area contributed by atoms with Crippen molar-refractivity contribution in [3.8, 4) is 5.75 Å². The third-order valence-corrected chi connectivity index (χ3v) is 5.32. The van der Waals surface area contributed by atoms with Crippen LogP contribution < -0.4 is 15.4 Å². The van der Waals surface area contributed by atoms with Crippen LogP contribution >= 0.6 is 0 Å². The van der Waals surface area contributed by atoms with Crippen LogP contribution in [-0.4, -0.2) is 44.4 Å². The normalized spacial score (nSPS) is 27.3. The minimum atomic E-state index is 0.160. The van der Waals surface area contributed by atoms with E-state index in [0.717, 1.165) is 44.2 Å². The highest BCUT2D eigenvalue weighted by atomic mass is 16.5. The Kier molecular flexibility index (Phi) is 5.84. The van der Waals surface area contributed by atoms with Crippen molar-refractivity contribution >= 4 is 5.96 Å². The number of ether oxygens (including phenoxy) is 2. The molecule has 1 aromatic carbocycles. The fraction of sp³-hybridized carbons (Fsp3) is 0.650. The van der Waals surface area contributed by atoms with Crippen molar-refractivity contribution in [2.24, 2.45) is 16.3 Å². The number of hydrogen-bond acceptors (Lipinski definition) is 3. The van der Waals surface area contributed by atoms with Crippen LogP contribution in [0.1, 0.15) is 33.6 Å². The lowest BCUT2D eigenvalue weighted by Gasteiger charge is -2.54. The molecule has 1 saturated carbocycles. The molecule has 2 fully saturated rings. The van der Waals surface area contributed by atoms with Crippen molar-refractivity contribution in [3.63, 3.8) is 0 Å². The summed E-state index contributed by atoms with van der Waals surface area (Å²) in [6.07, 6.45) is 2.44. The van der Waals surface area contributed by atoms with Gasteiger partial charge in [0, 0.05) is 43.5 Å². The third kappa shape index (κ3) is 4.09. The van der Waals surface area contributed by atoms with Gasteiger partial charge in [-0.3, -0.25) is 4.99 Å². The first-order valence-electron chi connectivity index (χ1n) is 9.47. The van der Waals surface area contributed by atoms with E-state index in [1.54, 1.807) is 0 Å². The molecule has 0 bridgehead atoms. The van der Waals surface area contributed by atoms with Crippen LogP contribution in [0.3, 0.4) is 0 Å². The third-order valence-electron chi connectivity index (χ3n) is 5.32. The van der Waals surface area contributed by atoms with E-state index in [1.165, 1.54) is 0 Å². The van der Waals surface area contributed by atoms with E-state index >= 15 is 0 Å². The highest BCUT2D eigenvalue weighted by molar-refractivity contribution is 5.80. The molecule has 3 atom stereocenters. The number of nitrogens with zero attached hydrogens (tertiary/aromatic N) is 1. The maximum Gasteiger partial charge on any atom is 0.191 e. The summed E-state index contributed by atoms with van der Waals surface area (Å²) in [4.78, 5) is 4.72. The SMILES string of the molecule is CCNC(=NCCCOc1ccccc1)NC1C2CCOC2C1(C)C. The smallest absolute Gasteiger partial charge is 0.191 e. The molecule has 2 aliphatic rings. The molecule has 0 aromatic heterocycles. The van der Waals surface area contributed by atoms with E-state index in [1.807, 2.05) is 30.3 Å². The summed E-state index contributed by atoms with van der Waals surface area (Å²) in [5.74, 6) is 2.44. The zero-order valence-electron chi connectivity index (χ0n) is 15.6. The van der Waals surface area contributed by atoms with Crippen LogP contribution in [0.2, 0.25) is 0 Å². The molecule has 1 aromatic rings. The highest BCUT2D eigenvalue weighted by Gasteiger charge is 2.59. The number of fused-ring (bicyclic) bond motifs is 1. The Bertz CT molecular complexity index is 574. The zero-order chi connectivity index (χ0) is 17.7. The molecule has 1 saturated heterocycles. The summed E-state index contributed by atoms with van der Waals surface area (Å²) in [7, 11) is 0. The lowest BCUT2D eigenvalue weighted by atomic mass is 9.57. The Labute approximate surface area is 151 Å². The molecule has 0 amide bonds. The minimum Gasteiger partial charge on any atom is -0.494 e. The van der Waals surface area contributed by atoms with E-state index in [4.69, 9.17) is 14.5 Å².